The van der Waals surface area contributed by atoms with Crippen LogP contribution in [0.3, 0.4) is 0 Å². The fraction of sp³-hybridized carbons (Fsp3) is 0.120. The maximum absolute atomic E-state index is 12.6. The van der Waals surface area contributed by atoms with Gasteiger partial charge in [-0.15, -0.1) is 0 Å². The summed E-state index contributed by atoms with van der Waals surface area (Å²) < 4.78 is 16.4. The lowest BCUT2D eigenvalue weighted by molar-refractivity contribution is 0.0469. The Hall–Kier alpha value is -3.86. The van der Waals surface area contributed by atoms with Crippen LogP contribution < -0.4 is 9.47 Å². The Morgan fingerprint density at radius 1 is 0.967 bits per heavy atom. The summed E-state index contributed by atoms with van der Waals surface area (Å²) in [5.74, 6) is 0.541. The second kappa shape index (κ2) is 8.66. The first-order valence-electron chi connectivity index (χ1n) is 9.56. The van der Waals surface area contributed by atoms with Crippen LogP contribution in [0.2, 0.25) is 0 Å². The highest BCUT2D eigenvalue weighted by Crippen LogP contribution is 2.29. The van der Waals surface area contributed by atoms with E-state index in [-0.39, 0.29) is 6.61 Å². The highest BCUT2D eigenvalue weighted by atomic mass is 16.5. The summed E-state index contributed by atoms with van der Waals surface area (Å²) in [4.78, 5) is 17.4. The summed E-state index contributed by atoms with van der Waals surface area (Å²) in [7, 11) is 1.52. The topological polar surface area (TPSA) is 57.7 Å². The van der Waals surface area contributed by atoms with E-state index in [1.54, 1.807) is 24.3 Å². The third-order valence-electron chi connectivity index (χ3n) is 4.78. The highest BCUT2D eigenvalue weighted by Gasteiger charge is 2.14. The minimum Gasteiger partial charge on any atom is -0.493 e. The van der Waals surface area contributed by atoms with Gasteiger partial charge in [0, 0.05) is 10.8 Å². The van der Waals surface area contributed by atoms with Gasteiger partial charge in [0.15, 0.2) is 11.5 Å². The van der Waals surface area contributed by atoms with Crippen molar-refractivity contribution in [1.82, 2.24) is 4.98 Å². The molecular formula is C25H21NO4. The SMILES string of the molecule is C=CCOc1ccc(C(=O)OCc2nc3ccccc3c3ccccc23)cc1OC. The normalized spacial score (nSPS) is 10.7. The van der Waals surface area contributed by atoms with Crippen molar-refractivity contribution >= 4 is 27.6 Å². The number of carbonyl (C=O) groups excluding carboxylic acids is 1. The molecule has 0 unspecified atom stereocenters. The summed E-state index contributed by atoms with van der Waals surface area (Å²) in [6, 6.07) is 20.9. The van der Waals surface area contributed by atoms with E-state index in [1.165, 1.54) is 7.11 Å². The van der Waals surface area contributed by atoms with Gasteiger partial charge in [0.1, 0.15) is 13.2 Å². The van der Waals surface area contributed by atoms with Crippen molar-refractivity contribution in [2.45, 2.75) is 6.61 Å². The number of hydrogen-bond acceptors (Lipinski definition) is 5. The Labute approximate surface area is 174 Å². The highest BCUT2D eigenvalue weighted by molar-refractivity contribution is 6.06. The number of nitrogens with zero attached hydrogens (tertiary/aromatic N) is 1. The molecular weight excluding hydrogens is 378 g/mol. The molecule has 0 radical (unpaired) electrons. The molecule has 0 atom stereocenters. The minimum atomic E-state index is -0.456. The Balaban J connectivity index is 1.59. The van der Waals surface area contributed by atoms with E-state index in [1.807, 2.05) is 42.5 Å². The Morgan fingerprint density at radius 3 is 2.47 bits per heavy atom. The number of methoxy groups -OCH3 is 1. The first kappa shape index (κ1) is 19.5. The molecule has 5 nitrogen and oxygen atoms in total. The second-order valence-electron chi connectivity index (χ2n) is 6.66. The van der Waals surface area contributed by atoms with Gasteiger partial charge in [-0.25, -0.2) is 9.78 Å². The average molecular weight is 399 g/mol. The van der Waals surface area contributed by atoms with Gasteiger partial charge in [-0.2, -0.15) is 0 Å². The van der Waals surface area contributed by atoms with Crippen LogP contribution in [0, 0.1) is 0 Å². The van der Waals surface area contributed by atoms with E-state index in [9.17, 15) is 4.79 Å². The largest absolute Gasteiger partial charge is 0.493 e. The molecule has 5 heteroatoms. The summed E-state index contributed by atoms with van der Waals surface area (Å²) in [6.45, 7) is 4.04. The first-order valence-corrected chi connectivity index (χ1v) is 9.56. The van der Waals surface area contributed by atoms with Crippen molar-refractivity contribution in [3.8, 4) is 11.5 Å². The van der Waals surface area contributed by atoms with Crippen LogP contribution in [-0.4, -0.2) is 24.7 Å². The van der Waals surface area contributed by atoms with Crippen LogP contribution >= 0.6 is 0 Å². The van der Waals surface area contributed by atoms with E-state index in [0.29, 0.717) is 23.7 Å². The van der Waals surface area contributed by atoms with E-state index in [0.717, 1.165) is 27.4 Å². The average Bonchev–Trinajstić information content (AvgIpc) is 2.80. The number of carbonyl (C=O) groups is 1. The number of ether oxygens (including phenoxy) is 3. The van der Waals surface area contributed by atoms with Gasteiger partial charge in [-0.05, 0) is 29.7 Å². The maximum Gasteiger partial charge on any atom is 0.338 e. The van der Waals surface area contributed by atoms with Crippen LogP contribution in [0.15, 0.2) is 79.4 Å². The zero-order valence-electron chi connectivity index (χ0n) is 16.6. The van der Waals surface area contributed by atoms with Crippen LogP contribution in [0.1, 0.15) is 16.1 Å². The molecule has 0 N–H and O–H groups in total. The molecule has 3 aromatic carbocycles. The van der Waals surface area contributed by atoms with Gasteiger partial charge in [-0.1, -0.05) is 55.1 Å². The number of fused-ring (bicyclic) bond motifs is 3. The fourth-order valence-corrected chi connectivity index (χ4v) is 3.36. The van der Waals surface area contributed by atoms with Gasteiger partial charge in [0.25, 0.3) is 0 Å². The van der Waals surface area contributed by atoms with Crippen LogP contribution in [0.25, 0.3) is 21.7 Å². The molecule has 0 aliphatic heterocycles. The molecule has 0 aliphatic carbocycles. The molecule has 4 rings (SSSR count). The first-order chi connectivity index (χ1) is 14.7. The Bertz CT molecular complexity index is 1230. The standard InChI is InChI=1S/C25H21NO4/c1-3-14-29-23-13-12-17(15-24(23)28-2)25(27)30-16-22-20-10-5-4-8-18(20)19-9-6-7-11-21(19)26-22/h3-13,15H,1,14,16H2,2H3. The summed E-state index contributed by atoms with van der Waals surface area (Å²) in [5, 5.41) is 3.12. The maximum atomic E-state index is 12.6. The molecule has 0 aliphatic rings. The number of esters is 1. The lowest BCUT2D eigenvalue weighted by Crippen LogP contribution is -2.07. The van der Waals surface area contributed by atoms with E-state index in [2.05, 4.69) is 12.6 Å². The molecule has 0 bridgehead atoms. The third-order valence-corrected chi connectivity index (χ3v) is 4.78. The smallest absolute Gasteiger partial charge is 0.338 e. The van der Waals surface area contributed by atoms with E-state index >= 15 is 0 Å². The molecule has 4 aromatic rings. The van der Waals surface area contributed by atoms with Gasteiger partial charge in [0.05, 0.1) is 23.9 Å². The number of benzene rings is 3. The monoisotopic (exact) mass is 399 g/mol. The van der Waals surface area contributed by atoms with Crippen molar-refractivity contribution in [2.24, 2.45) is 0 Å². The minimum absolute atomic E-state index is 0.0706. The van der Waals surface area contributed by atoms with Gasteiger partial charge in [0.2, 0.25) is 0 Å². The van der Waals surface area contributed by atoms with Crippen molar-refractivity contribution in [1.29, 1.82) is 0 Å². The van der Waals surface area contributed by atoms with Gasteiger partial charge >= 0.3 is 5.97 Å². The molecule has 0 amide bonds. The molecule has 0 fully saturated rings. The van der Waals surface area contributed by atoms with Crippen LogP contribution in [-0.2, 0) is 11.3 Å². The number of pyridine rings is 1. The van der Waals surface area contributed by atoms with Gasteiger partial charge in [-0.3, -0.25) is 0 Å². The predicted octanol–water partition coefficient (Wildman–Crippen LogP) is 5.32. The molecule has 150 valence electrons. The Morgan fingerprint density at radius 2 is 1.70 bits per heavy atom. The van der Waals surface area contributed by atoms with E-state index < -0.39 is 5.97 Å². The predicted molar refractivity (Wildman–Crippen MR) is 117 cm³/mol. The van der Waals surface area contributed by atoms with Crippen molar-refractivity contribution in [2.75, 3.05) is 13.7 Å². The molecule has 0 spiro atoms. The fourth-order valence-electron chi connectivity index (χ4n) is 3.36. The van der Waals surface area contributed by atoms with Crippen molar-refractivity contribution < 1.29 is 19.0 Å². The van der Waals surface area contributed by atoms with Crippen molar-refractivity contribution in [3.63, 3.8) is 0 Å². The van der Waals surface area contributed by atoms with Crippen molar-refractivity contribution in [3.05, 3.63) is 90.6 Å². The molecule has 0 saturated carbocycles. The zero-order chi connectivity index (χ0) is 20.9. The summed E-state index contributed by atoms with van der Waals surface area (Å²) in [6.07, 6.45) is 1.64. The van der Waals surface area contributed by atoms with E-state index in [4.69, 9.17) is 19.2 Å². The Kier molecular flexibility index (Phi) is 5.61. The summed E-state index contributed by atoms with van der Waals surface area (Å²) in [5.41, 5.74) is 1.96. The summed E-state index contributed by atoms with van der Waals surface area (Å²) >= 11 is 0. The molecule has 1 heterocycles. The quantitative estimate of drug-likeness (QED) is 0.239. The van der Waals surface area contributed by atoms with Gasteiger partial charge < -0.3 is 14.2 Å². The molecule has 1 aromatic heterocycles. The number of rotatable bonds is 7. The lowest BCUT2D eigenvalue weighted by Gasteiger charge is -2.12. The number of hydrogen-bond donors (Lipinski definition) is 0. The zero-order valence-corrected chi connectivity index (χ0v) is 16.6. The number of aromatic nitrogens is 1. The second-order valence-corrected chi connectivity index (χ2v) is 6.66. The third kappa shape index (κ3) is 3.82. The molecule has 0 saturated heterocycles. The number of para-hydroxylation sites is 1. The van der Waals surface area contributed by atoms with Crippen LogP contribution in [0.4, 0.5) is 0 Å². The molecule has 30 heavy (non-hydrogen) atoms. The lowest BCUT2D eigenvalue weighted by atomic mass is 10.0. The van der Waals surface area contributed by atoms with Crippen LogP contribution in [0.5, 0.6) is 11.5 Å².